The lowest BCUT2D eigenvalue weighted by atomic mass is 10.1. The molecule has 2 unspecified atom stereocenters. The molecule has 0 N–H and O–H groups in total. The zero-order valence-electron chi connectivity index (χ0n) is 21.7. The van der Waals surface area contributed by atoms with Crippen molar-refractivity contribution in [2.75, 3.05) is 13.2 Å². The van der Waals surface area contributed by atoms with Crippen molar-refractivity contribution in [2.45, 2.75) is 19.1 Å². The molecule has 2 atom stereocenters. The summed E-state index contributed by atoms with van der Waals surface area (Å²) in [7, 11) is 0. The average molecular weight is 523 g/mol. The third-order valence-electron chi connectivity index (χ3n) is 6.11. The highest BCUT2D eigenvalue weighted by Crippen LogP contribution is 2.33. The predicted octanol–water partition coefficient (Wildman–Crippen LogP) is 6.85. The van der Waals surface area contributed by atoms with Gasteiger partial charge in [0, 0.05) is 17.5 Å². The van der Waals surface area contributed by atoms with Crippen molar-refractivity contribution in [2.24, 2.45) is 0 Å². The van der Waals surface area contributed by atoms with Gasteiger partial charge in [-0.15, -0.1) is 0 Å². The summed E-state index contributed by atoms with van der Waals surface area (Å²) in [6, 6.07) is 28.5. The zero-order chi connectivity index (χ0) is 27.6. The van der Waals surface area contributed by atoms with E-state index in [1.807, 2.05) is 97.9 Å². The van der Waals surface area contributed by atoms with Crippen LogP contribution < -0.4 is 9.47 Å². The first-order valence-electron chi connectivity index (χ1n) is 12.5. The number of carbonyl (C=O) groups excluding carboxylic acids is 2. The molecule has 39 heavy (non-hydrogen) atoms. The van der Waals surface area contributed by atoms with Crippen LogP contribution in [0.1, 0.15) is 28.9 Å². The van der Waals surface area contributed by atoms with Crippen molar-refractivity contribution in [3.05, 3.63) is 133 Å². The van der Waals surface area contributed by atoms with Gasteiger partial charge in [-0.2, -0.15) is 0 Å². The Hall–Kier alpha value is -4.84. The second-order valence-electron chi connectivity index (χ2n) is 8.80. The SMILES string of the molecule is C=CC(=O)OC(COc1ccc2c(OCC(OC(=O)C=C)c3ccccc3)c(C)ccc2c1)c1ccccc1. The summed E-state index contributed by atoms with van der Waals surface area (Å²) >= 11 is 0. The van der Waals surface area contributed by atoms with Gasteiger partial charge in [0.25, 0.3) is 0 Å². The molecule has 0 fully saturated rings. The van der Waals surface area contributed by atoms with E-state index < -0.39 is 24.1 Å². The first-order valence-corrected chi connectivity index (χ1v) is 12.5. The monoisotopic (exact) mass is 522 g/mol. The number of esters is 2. The first-order chi connectivity index (χ1) is 19.0. The molecule has 6 nitrogen and oxygen atoms in total. The van der Waals surface area contributed by atoms with E-state index >= 15 is 0 Å². The van der Waals surface area contributed by atoms with Gasteiger partial charge in [-0.3, -0.25) is 0 Å². The molecule has 0 aliphatic heterocycles. The summed E-state index contributed by atoms with van der Waals surface area (Å²) in [6.07, 6.45) is 1.09. The Kier molecular flexibility index (Phi) is 9.14. The minimum atomic E-state index is -0.595. The van der Waals surface area contributed by atoms with Crippen LogP contribution in [0, 0.1) is 6.92 Å². The van der Waals surface area contributed by atoms with E-state index in [1.54, 1.807) is 0 Å². The summed E-state index contributed by atoms with van der Waals surface area (Å²) in [6.45, 7) is 9.21. The lowest BCUT2D eigenvalue weighted by Gasteiger charge is -2.20. The van der Waals surface area contributed by atoms with Gasteiger partial charge in [0.1, 0.15) is 24.7 Å². The minimum Gasteiger partial charge on any atom is -0.489 e. The average Bonchev–Trinajstić information content (AvgIpc) is 2.98. The molecule has 0 spiro atoms. The van der Waals surface area contributed by atoms with Crippen LogP contribution in [0.5, 0.6) is 11.5 Å². The fourth-order valence-corrected chi connectivity index (χ4v) is 4.11. The predicted molar refractivity (Wildman–Crippen MR) is 151 cm³/mol. The highest BCUT2D eigenvalue weighted by atomic mass is 16.6. The van der Waals surface area contributed by atoms with E-state index in [9.17, 15) is 9.59 Å². The van der Waals surface area contributed by atoms with Gasteiger partial charge in [0.15, 0.2) is 12.2 Å². The third kappa shape index (κ3) is 7.14. The van der Waals surface area contributed by atoms with Gasteiger partial charge in [0.05, 0.1) is 0 Å². The van der Waals surface area contributed by atoms with Crippen LogP contribution in [0.25, 0.3) is 10.8 Å². The Labute approximate surface area is 228 Å². The van der Waals surface area contributed by atoms with E-state index in [-0.39, 0.29) is 13.2 Å². The Morgan fingerprint density at radius 3 is 1.79 bits per heavy atom. The van der Waals surface area contributed by atoms with E-state index in [1.165, 1.54) is 0 Å². The summed E-state index contributed by atoms with van der Waals surface area (Å²) in [5.74, 6) is 0.277. The van der Waals surface area contributed by atoms with Crippen molar-refractivity contribution in [1.82, 2.24) is 0 Å². The number of ether oxygens (including phenoxy) is 4. The van der Waals surface area contributed by atoms with Crippen LogP contribution in [-0.2, 0) is 19.1 Å². The number of aryl methyl sites for hydroxylation is 1. The number of carbonyl (C=O) groups is 2. The molecule has 4 aromatic carbocycles. The van der Waals surface area contributed by atoms with Gasteiger partial charge in [-0.25, -0.2) is 9.59 Å². The van der Waals surface area contributed by atoms with Crippen molar-refractivity contribution >= 4 is 22.7 Å². The van der Waals surface area contributed by atoms with Gasteiger partial charge in [-0.05, 0) is 47.2 Å². The molecule has 0 aliphatic carbocycles. The number of fused-ring (bicyclic) bond motifs is 1. The van der Waals surface area contributed by atoms with Gasteiger partial charge < -0.3 is 18.9 Å². The molecule has 0 heterocycles. The van der Waals surface area contributed by atoms with Crippen LogP contribution in [0.2, 0.25) is 0 Å². The Balaban J connectivity index is 1.53. The highest BCUT2D eigenvalue weighted by Gasteiger charge is 2.19. The molecule has 0 aromatic heterocycles. The Morgan fingerprint density at radius 1 is 0.718 bits per heavy atom. The quantitative estimate of drug-likeness (QED) is 0.150. The summed E-state index contributed by atoms with van der Waals surface area (Å²) in [5, 5.41) is 1.80. The lowest BCUT2D eigenvalue weighted by Crippen LogP contribution is -2.17. The van der Waals surface area contributed by atoms with Crippen LogP contribution in [0.4, 0.5) is 0 Å². The molecule has 6 heteroatoms. The smallest absolute Gasteiger partial charge is 0.330 e. The van der Waals surface area contributed by atoms with Crippen molar-refractivity contribution in [3.8, 4) is 11.5 Å². The number of rotatable bonds is 12. The molecule has 4 rings (SSSR count). The second kappa shape index (κ2) is 13.1. The minimum absolute atomic E-state index is 0.134. The number of hydrogen-bond acceptors (Lipinski definition) is 6. The maximum Gasteiger partial charge on any atom is 0.330 e. The molecular weight excluding hydrogens is 492 g/mol. The van der Waals surface area contributed by atoms with E-state index in [0.29, 0.717) is 11.5 Å². The Bertz CT molecular complexity index is 1450. The van der Waals surface area contributed by atoms with E-state index in [0.717, 1.165) is 39.6 Å². The molecule has 0 saturated heterocycles. The maximum absolute atomic E-state index is 12.0. The molecular formula is C33H30O6. The van der Waals surface area contributed by atoms with Crippen LogP contribution in [0.15, 0.2) is 116 Å². The van der Waals surface area contributed by atoms with Crippen molar-refractivity contribution in [3.63, 3.8) is 0 Å². The summed E-state index contributed by atoms with van der Waals surface area (Å²) in [4.78, 5) is 23.8. The summed E-state index contributed by atoms with van der Waals surface area (Å²) < 4.78 is 23.4. The highest BCUT2D eigenvalue weighted by molar-refractivity contribution is 5.90. The fourth-order valence-electron chi connectivity index (χ4n) is 4.11. The van der Waals surface area contributed by atoms with E-state index in [4.69, 9.17) is 18.9 Å². The summed E-state index contributed by atoms with van der Waals surface area (Å²) in [5.41, 5.74) is 2.59. The van der Waals surface area contributed by atoms with Crippen molar-refractivity contribution < 1.29 is 28.5 Å². The maximum atomic E-state index is 12.0. The molecule has 0 bridgehead atoms. The van der Waals surface area contributed by atoms with Gasteiger partial charge in [0.2, 0.25) is 0 Å². The van der Waals surface area contributed by atoms with Crippen LogP contribution in [-0.4, -0.2) is 25.2 Å². The standard InChI is InChI=1S/C33H30O6/c1-4-31(34)38-29(24-12-8-6-9-13-24)21-36-27-18-19-28-26(20-27)17-16-23(3)33(28)37-22-30(39-32(35)5-2)25-14-10-7-11-15-25/h4-20,29-30H,1-2,21-22H2,3H3. The normalized spacial score (nSPS) is 12.1. The molecule has 198 valence electrons. The molecule has 0 radical (unpaired) electrons. The largest absolute Gasteiger partial charge is 0.489 e. The topological polar surface area (TPSA) is 71.1 Å². The third-order valence-corrected chi connectivity index (χ3v) is 6.11. The van der Waals surface area contributed by atoms with Gasteiger partial charge in [-0.1, -0.05) is 86.0 Å². The van der Waals surface area contributed by atoms with E-state index in [2.05, 4.69) is 13.2 Å². The Morgan fingerprint density at radius 2 is 1.26 bits per heavy atom. The zero-order valence-corrected chi connectivity index (χ0v) is 21.7. The molecule has 0 saturated carbocycles. The van der Waals surface area contributed by atoms with Crippen LogP contribution >= 0.6 is 0 Å². The van der Waals surface area contributed by atoms with Crippen LogP contribution in [0.3, 0.4) is 0 Å². The first kappa shape index (κ1) is 27.2. The van der Waals surface area contributed by atoms with Crippen molar-refractivity contribution in [1.29, 1.82) is 0 Å². The molecule has 0 aliphatic rings. The molecule has 4 aromatic rings. The second-order valence-corrected chi connectivity index (χ2v) is 8.80. The number of benzene rings is 4. The van der Waals surface area contributed by atoms with Gasteiger partial charge >= 0.3 is 11.9 Å². The molecule has 0 amide bonds. The lowest BCUT2D eigenvalue weighted by molar-refractivity contribution is -0.145. The fraction of sp³-hybridized carbons (Fsp3) is 0.152. The number of hydrogen-bond donors (Lipinski definition) is 0.